The molecular weight excluding hydrogens is 300 g/mol. The Bertz CT molecular complexity index is 824. The van der Waals surface area contributed by atoms with E-state index >= 15 is 0 Å². The number of aromatic nitrogens is 3. The predicted molar refractivity (Wildman–Crippen MR) is 81.9 cm³/mol. The number of nitriles is 1. The molecule has 6 heteroatoms. The van der Waals surface area contributed by atoms with Gasteiger partial charge >= 0.3 is 0 Å². The van der Waals surface area contributed by atoms with Gasteiger partial charge in [0.15, 0.2) is 5.69 Å². The van der Waals surface area contributed by atoms with Crippen molar-refractivity contribution in [3.63, 3.8) is 0 Å². The lowest BCUT2D eigenvalue weighted by molar-refractivity contribution is 0.297. The monoisotopic (exact) mass is 310 g/mol. The van der Waals surface area contributed by atoms with Gasteiger partial charge in [0, 0.05) is 0 Å². The van der Waals surface area contributed by atoms with Crippen molar-refractivity contribution in [3.05, 3.63) is 71.0 Å². The van der Waals surface area contributed by atoms with Crippen LogP contribution in [0.15, 0.2) is 54.6 Å². The van der Waals surface area contributed by atoms with Gasteiger partial charge in [0.2, 0.25) is 0 Å². The minimum Gasteiger partial charge on any atom is -0.486 e. The maximum absolute atomic E-state index is 9.18. The number of halogens is 1. The standard InChI is InChI=1S/C16H11ClN4O/c17-13-8-4-5-9-16(13)22-11-15-14(10-18)19-20-21(15)12-6-2-1-3-7-12/h1-9H,11H2. The molecule has 5 nitrogen and oxygen atoms in total. The Labute approximate surface area is 132 Å². The Morgan fingerprint density at radius 3 is 2.55 bits per heavy atom. The molecular formula is C16H11ClN4O. The van der Waals surface area contributed by atoms with Crippen molar-refractivity contribution in [2.75, 3.05) is 0 Å². The largest absolute Gasteiger partial charge is 0.486 e. The van der Waals surface area contributed by atoms with Crippen molar-refractivity contribution in [2.24, 2.45) is 0 Å². The quantitative estimate of drug-likeness (QED) is 0.741. The molecule has 0 fully saturated rings. The fraction of sp³-hybridized carbons (Fsp3) is 0.0625. The van der Waals surface area contributed by atoms with Crippen LogP contribution in [0.3, 0.4) is 0 Å². The summed E-state index contributed by atoms with van der Waals surface area (Å²) in [6, 6.07) is 18.7. The summed E-state index contributed by atoms with van der Waals surface area (Å²) in [7, 11) is 0. The summed E-state index contributed by atoms with van der Waals surface area (Å²) in [4.78, 5) is 0. The van der Waals surface area contributed by atoms with E-state index in [1.807, 2.05) is 48.5 Å². The summed E-state index contributed by atoms with van der Waals surface area (Å²) in [6.45, 7) is 0.147. The molecule has 3 rings (SSSR count). The number of hydrogen-bond acceptors (Lipinski definition) is 4. The molecule has 0 saturated heterocycles. The zero-order chi connectivity index (χ0) is 15.4. The Morgan fingerprint density at radius 2 is 1.82 bits per heavy atom. The number of rotatable bonds is 4. The molecule has 1 aromatic heterocycles. The molecule has 0 saturated carbocycles. The van der Waals surface area contributed by atoms with Crippen molar-refractivity contribution in [1.82, 2.24) is 15.0 Å². The summed E-state index contributed by atoms with van der Waals surface area (Å²) >= 11 is 6.07. The molecule has 2 aromatic carbocycles. The average molecular weight is 311 g/mol. The smallest absolute Gasteiger partial charge is 0.189 e. The fourth-order valence-corrected chi connectivity index (χ4v) is 2.19. The Hall–Kier alpha value is -2.84. The number of hydrogen-bond donors (Lipinski definition) is 0. The second kappa shape index (κ2) is 6.29. The van der Waals surface area contributed by atoms with E-state index in [1.54, 1.807) is 16.8 Å². The second-order valence-electron chi connectivity index (χ2n) is 4.46. The molecule has 3 aromatic rings. The number of nitrogens with zero attached hydrogens (tertiary/aromatic N) is 4. The number of ether oxygens (including phenoxy) is 1. The van der Waals surface area contributed by atoms with Crippen LogP contribution in [0.2, 0.25) is 5.02 Å². The molecule has 0 aliphatic carbocycles. The third-order valence-corrected chi connectivity index (χ3v) is 3.38. The van der Waals surface area contributed by atoms with E-state index in [0.29, 0.717) is 16.5 Å². The predicted octanol–water partition coefficient (Wildman–Crippen LogP) is 3.37. The topological polar surface area (TPSA) is 63.7 Å². The second-order valence-corrected chi connectivity index (χ2v) is 4.87. The Morgan fingerprint density at radius 1 is 1.09 bits per heavy atom. The van der Waals surface area contributed by atoms with Crippen LogP contribution in [0.25, 0.3) is 5.69 Å². The van der Waals surface area contributed by atoms with Crippen LogP contribution < -0.4 is 4.74 Å². The molecule has 0 spiro atoms. The van der Waals surface area contributed by atoms with Crippen LogP contribution in [0.1, 0.15) is 11.4 Å². The van der Waals surface area contributed by atoms with Crippen molar-refractivity contribution < 1.29 is 4.74 Å². The third-order valence-electron chi connectivity index (χ3n) is 3.07. The van der Waals surface area contributed by atoms with Gasteiger partial charge in [0.25, 0.3) is 0 Å². The lowest BCUT2D eigenvalue weighted by Gasteiger charge is -2.09. The van der Waals surface area contributed by atoms with E-state index in [2.05, 4.69) is 10.3 Å². The van der Waals surface area contributed by atoms with E-state index in [0.717, 1.165) is 5.69 Å². The molecule has 0 aliphatic rings. The van der Waals surface area contributed by atoms with Gasteiger partial charge in [0.05, 0.1) is 10.7 Å². The van der Waals surface area contributed by atoms with Crippen LogP contribution in [0.4, 0.5) is 0 Å². The van der Waals surface area contributed by atoms with Gasteiger partial charge in [-0.05, 0) is 24.3 Å². The first-order valence-electron chi connectivity index (χ1n) is 6.57. The molecule has 0 unspecified atom stereocenters. The van der Waals surface area contributed by atoms with Crippen LogP contribution in [0, 0.1) is 11.3 Å². The summed E-state index contributed by atoms with van der Waals surface area (Å²) < 4.78 is 7.29. The Balaban J connectivity index is 1.92. The highest BCUT2D eigenvalue weighted by Crippen LogP contribution is 2.24. The summed E-state index contributed by atoms with van der Waals surface area (Å²) in [5.41, 5.74) is 1.62. The van der Waals surface area contributed by atoms with Crippen molar-refractivity contribution in [3.8, 4) is 17.5 Å². The van der Waals surface area contributed by atoms with E-state index in [-0.39, 0.29) is 12.3 Å². The molecule has 0 bridgehead atoms. The van der Waals surface area contributed by atoms with Gasteiger partial charge in [-0.3, -0.25) is 0 Å². The van der Waals surface area contributed by atoms with Gasteiger partial charge in [-0.1, -0.05) is 47.1 Å². The minimum absolute atomic E-state index is 0.147. The fourth-order valence-electron chi connectivity index (χ4n) is 2.00. The highest BCUT2D eigenvalue weighted by atomic mass is 35.5. The molecule has 1 heterocycles. The first-order chi connectivity index (χ1) is 10.8. The minimum atomic E-state index is 0.147. The van der Waals surface area contributed by atoms with Crippen molar-refractivity contribution >= 4 is 11.6 Å². The van der Waals surface area contributed by atoms with Crippen LogP contribution >= 0.6 is 11.6 Å². The Kier molecular flexibility index (Phi) is 4.03. The molecule has 0 N–H and O–H groups in total. The maximum atomic E-state index is 9.18. The van der Waals surface area contributed by atoms with Crippen LogP contribution in [0.5, 0.6) is 5.75 Å². The van der Waals surface area contributed by atoms with Gasteiger partial charge in [-0.25, -0.2) is 4.68 Å². The molecule has 0 radical (unpaired) electrons. The van der Waals surface area contributed by atoms with E-state index in [1.165, 1.54) is 0 Å². The zero-order valence-corrected chi connectivity index (χ0v) is 12.2. The van der Waals surface area contributed by atoms with Gasteiger partial charge in [-0.15, -0.1) is 5.10 Å². The molecule has 22 heavy (non-hydrogen) atoms. The van der Waals surface area contributed by atoms with E-state index < -0.39 is 0 Å². The van der Waals surface area contributed by atoms with Crippen LogP contribution in [-0.2, 0) is 6.61 Å². The first-order valence-corrected chi connectivity index (χ1v) is 6.95. The normalized spacial score (nSPS) is 10.2. The molecule has 0 amide bonds. The van der Waals surface area contributed by atoms with Gasteiger partial charge in [0.1, 0.15) is 24.1 Å². The van der Waals surface area contributed by atoms with Gasteiger partial charge < -0.3 is 4.74 Å². The highest BCUT2D eigenvalue weighted by Gasteiger charge is 2.15. The summed E-state index contributed by atoms with van der Waals surface area (Å²) in [5.74, 6) is 0.550. The van der Waals surface area contributed by atoms with Crippen molar-refractivity contribution in [1.29, 1.82) is 5.26 Å². The number of para-hydroxylation sites is 2. The maximum Gasteiger partial charge on any atom is 0.189 e. The zero-order valence-electron chi connectivity index (χ0n) is 11.5. The molecule has 0 aliphatic heterocycles. The van der Waals surface area contributed by atoms with E-state index in [4.69, 9.17) is 16.3 Å². The number of benzene rings is 2. The van der Waals surface area contributed by atoms with Crippen molar-refractivity contribution in [2.45, 2.75) is 6.61 Å². The average Bonchev–Trinajstić information content (AvgIpc) is 2.98. The van der Waals surface area contributed by atoms with Gasteiger partial charge in [-0.2, -0.15) is 5.26 Å². The molecule has 108 valence electrons. The SMILES string of the molecule is N#Cc1nnn(-c2ccccc2)c1COc1ccccc1Cl. The first kappa shape index (κ1) is 14.1. The highest BCUT2D eigenvalue weighted by molar-refractivity contribution is 6.32. The lowest BCUT2D eigenvalue weighted by Crippen LogP contribution is -2.07. The summed E-state index contributed by atoms with van der Waals surface area (Å²) in [6.07, 6.45) is 0. The van der Waals surface area contributed by atoms with Crippen LogP contribution in [-0.4, -0.2) is 15.0 Å². The molecule has 0 atom stereocenters. The van der Waals surface area contributed by atoms with E-state index in [9.17, 15) is 5.26 Å². The third kappa shape index (κ3) is 2.78. The summed E-state index contributed by atoms with van der Waals surface area (Å²) in [5, 5.41) is 17.6. The lowest BCUT2D eigenvalue weighted by atomic mass is 10.3.